The molecule has 0 saturated carbocycles. The molecule has 1 aliphatic rings. The van der Waals surface area contributed by atoms with Gasteiger partial charge < -0.3 is 20.3 Å². The van der Waals surface area contributed by atoms with Crippen LogP contribution in [0.15, 0.2) is 48.6 Å². The number of unbranched alkanes of at least 4 members (excludes halogenated alkanes) is 15. The standard InChI is InChI=1S/C38H67NO4/c1-3-5-7-9-11-13-14-15-16-18-19-21-25-29-35(41)34(33-40)39-38(42)32-28-24-23-27-31-37-36(43-37)30-26-22-20-17-12-10-8-6-4-2/h12,17,22-23,25-27,29,34-37,40-41H,3-11,13-16,18-21,24,28,30-33H2,1-2H3,(H,39,42)/b17-12-,26-22-,27-23-,29-25+/t34-,35+,36?,37?/m0/s1. The van der Waals surface area contributed by atoms with Crippen LogP contribution in [0.1, 0.15) is 155 Å². The summed E-state index contributed by atoms with van der Waals surface area (Å²) in [5.74, 6) is -0.126. The van der Waals surface area contributed by atoms with Crippen LogP contribution in [0.3, 0.4) is 0 Å². The second-order valence-electron chi connectivity index (χ2n) is 12.3. The molecule has 1 amide bonds. The highest BCUT2D eigenvalue weighted by Crippen LogP contribution is 2.29. The molecule has 3 N–H and O–H groups in total. The Balaban J connectivity index is 2.01. The molecule has 0 radical (unpaired) electrons. The number of hydrogen-bond acceptors (Lipinski definition) is 4. The molecule has 5 heteroatoms. The van der Waals surface area contributed by atoms with Crippen LogP contribution in [0, 0.1) is 0 Å². The minimum Gasteiger partial charge on any atom is -0.394 e. The zero-order valence-corrected chi connectivity index (χ0v) is 27.9. The Morgan fingerprint density at radius 2 is 1.16 bits per heavy atom. The van der Waals surface area contributed by atoms with Crippen molar-refractivity contribution in [1.29, 1.82) is 0 Å². The molecule has 4 atom stereocenters. The van der Waals surface area contributed by atoms with Gasteiger partial charge in [0.15, 0.2) is 0 Å². The monoisotopic (exact) mass is 602 g/mol. The van der Waals surface area contributed by atoms with E-state index in [9.17, 15) is 15.0 Å². The average molecular weight is 602 g/mol. The molecule has 1 rings (SSSR count). The maximum atomic E-state index is 12.3. The first-order chi connectivity index (χ1) is 21.1. The van der Waals surface area contributed by atoms with E-state index in [0.29, 0.717) is 18.6 Å². The smallest absolute Gasteiger partial charge is 0.220 e. The number of nitrogens with one attached hydrogen (secondary N) is 1. The number of amides is 1. The largest absolute Gasteiger partial charge is 0.394 e. The molecule has 0 aromatic carbocycles. The summed E-state index contributed by atoms with van der Waals surface area (Å²) in [6.07, 6.45) is 42.2. The molecule has 0 bridgehead atoms. The maximum absolute atomic E-state index is 12.3. The predicted octanol–water partition coefficient (Wildman–Crippen LogP) is 9.44. The summed E-state index contributed by atoms with van der Waals surface area (Å²) in [7, 11) is 0. The highest BCUT2D eigenvalue weighted by Gasteiger charge is 2.35. The Morgan fingerprint density at radius 1 is 0.674 bits per heavy atom. The van der Waals surface area contributed by atoms with Gasteiger partial charge in [0.1, 0.15) is 0 Å². The van der Waals surface area contributed by atoms with Crippen LogP contribution in [0.25, 0.3) is 0 Å². The quantitative estimate of drug-likeness (QED) is 0.0435. The summed E-state index contributed by atoms with van der Waals surface area (Å²) in [5, 5.41) is 22.8. The molecule has 5 nitrogen and oxygen atoms in total. The van der Waals surface area contributed by atoms with Crippen molar-refractivity contribution >= 4 is 5.91 Å². The van der Waals surface area contributed by atoms with E-state index in [2.05, 4.69) is 55.6 Å². The number of epoxide rings is 1. The van der Waals surface area contributed by atoms with Crippen molar-refractivity contribution in [3.8, 4) is 0 Å². The number of allylic oxidation sites excluding steroid dienone is 5. The van der Waals surface area contributed by atoms with Gasteiger partial charge in [0, 0.05) is 6.42 Å². The van der Waals surface area contributed by atoms with Gasteiger partial charge in [-0.25, -0.2) is 0 Å². The fourth-order valence-electron chi connectivity index (χ4n) is 5.27. The Bertz CT molecular complexity index is 759. The molecule has 1 aliphatic heterocycles. The number of carbonyl (C=O) groups excluding carboxylic acids is 1. The van der Waals surface area contributed by atoms with Crippen molar-refractivity contribution in [3.05, 3.63) is 48.6 Å². The van der Waals surface area contributed by atoms with E-state index in [4.69, 9.17) is 4.74 Å². The van der Waals surface area contributed by atoms with Crippen LogP contribution >= 0.6 is 0 Å². The molecule has 2 unspecified atom stereocenters. The van der Waals surface area contributed by atoms with Gasteiger partial charge in [0.2, 0.25) is 5.91 Å². The number of carbonyl (C=O) groups is 1. The lowest BCUT2D eigenvalue weighted by Crippen LogP contribution is -2.45. The van der Waals surface area contributed by atoms with E-state index < -0.39 is 12.1 Å². The molecule has 0 aromatic heterocycles. The molecule has 0 spiro atoms. The van der Waals surface area contributed by atoms with Crippen LogP contribution in [0.5, 0.6) is 0 Å². The molecule has 1 fully saturated rings. The average Bonchev–Trinajstić information content (AvgIpc) is 3.76. The number of hydrogen-bond donors (Lipinski definition) is 3. The maximum Gasteiger partial charge on any atom is 0.220 e. The minimum atomic E-state index is -0.866. The summed E-state index contributed by atoms with van der Waals surface area (Å²) in [6, 6.07) is -0.656. The lowest BCUT2D eigenvalue weighted by molar-refractivity contribution is -0.122. The molecular weight excluding hydrogens is 534 g/mol. The van der Waals surface area contributed by atoms with E-state index in [-0.39, 0.29) is 12.5 Å². The zero-order valence-electron chi connectivity index (χ0n) is 27.9. The van der Waals surface area contributed by atoms with Gasteiger partial charge in [-0.1, -0.05) is 140 Å². The molecule has 0 aliphatic carbocycles. The summed E-state index contributed by atoms with van der Waals surface area (Å²) >= 11 is 0. The van der Waals surface area contributed by atoms with Crippen LogP contribution < -0.4 is 5.32 Å². The van der Waals surface area contributed by atoms with Crippen molar-refractivity contribution in [1.82, 2.24) is 5.32 Å². The molecule has 43 heavy (non-hydrogen) atoms. The number of ether oxygens (including phenoxy) is 1. The van der Waals surface area contributed by atoms with Crippen LogP contribution in [-0.4, -0.2) is 47.1 Å². The van der Waals surface area contributed by atoms with E-state index in [1.807, 2.05) is 6.08 Å². The zero-order chi connectivity index (χ0) is 31.2. The second kappa shape index (κ2) is 29.0. The number of aliphatic hydroxyl groups is 2. The number of rotatable bonds is 30. The van der Waals surface area contributed by atoms with Crippen molar-refractivity contribution < 1.29 is 19.7 Å². The topological polar surface area (TPSA) is 82.1 Å². The Kier molecular flexibility index (Phi) is 26.6. The summed E-state index contributed by atoms with van der Waals surface area (Å²) in [4.78, 5) is 12.3. The molecule has 1 saturated heterocycles. The van der Waals surface area contributed by atoms with Gasteiger partial charge in [0.05, 0.1) is 31.0 Å². The van der Waals surface area contributed by atoms with E-state index >= 15 is 0 Å². The first-order valence-electron chi connectivity index (χ1n) is 18.0. The van der Waals surface area contributed by atoms with Crippen LogP contribution in [0.4, 0.5) is 0 Å². The fraction of sp³-hybridized carbons (Fsp3) is 0.763. The van der Waals surface area contributed by atoms with Crippen molar-refractivity contribution in [2.75, 3.05) is 6.61 Å². The fourth-order valence-corrected chi connectivity index (χ4v) is 5.27. The molecule has 0 aromatic rings. The Morgan fingerprint density at radius 3 is 1.81 bits per heavy atom. The van der Waals surface area contributed by atoms with Gasteiger partial charge >= 0.3 is 0 Å². The Hall–Kier alpha value is -1.69. The third-order valence-corrected chi connectivity index (χ3v) is 8.21. The van der Waals surface area contributed by atoms with E-state index in [1.165, 1.54) is 89.9 Å². The first kappa shape index (κ1) is 39.3. The van der Waals surface area contributed by atoms with Crippen molar-refractivity contribution in [2.24, 2.45) is 0 Å². The third kappa shape index (κ3) is 24.3. The van der Waals surface area contributed by atoms with Crippen LogP contribution in [-0.2, 0) is 9.53 Å². The van der Waals surface area contributed by atoms with E-state index in [1.54, 1.807) is 6.08 Å². The van der Waals surface area contributed by atoms with E-state index in [0.717, 1.165) is 44.9 Å². The molecule has 248 valence electrons. The summed E-state index contributed by atoms with van der Waals surface area (Å²) in [6.45, 7) is 4.22. The third-order valence-electron chi connectivity index (χ3n) is 8.21. The lowest BCUT2D eigenvalue weighted by Gasteiger charge is -2.19. The minimum absolute atomic E-state index is 0.126. The Labute approximate surface area is 265 Å². The number of aliphatic hydroxyl groups excluding tert-OH is 2. The van der Waals surface area contributed by atoms with Gasteiger partial charge in [-0.2, -0.15) is 0 Å². The highest BCUT2D eigenvalue weighted by molar-refractivity contribution is 5.76. The summed E-state index contributed by atoms with van der Waals surface area (Å²) < 4.78 is 5.75. The normalized spacial score (nSPS) is 18.4. The lowest BCUT2D eigenvalue weighted by atomic mass is 10.0. The second-order valence-corrected chi connectivity index (χ2v) is 12.3. The predicted molar refractivity (Wildman–Crippen MR) is 183 cm³/mol. The van der Waals surface area contributed by atoms with Crippen molar-refractivity contribution in [2.45, 2.75) is 179 Å². The molecule has 1 heterocycles. The van der Waals surface area contributed by atoms with Gasteiger partial charge in [-0.3, -0.25) is 4.79 Å². The molecular formula is C38H67NO4. The van der Waals surface area contributed by atoms with Gasteiger partial charge in [-0.05, 0) is 57.8 Å². The SMILES string of the molecule is CCCCC/C=C\C/C=C\CC1OC1C/C=C\CCCC(=O)N[C@@H](CO)[C@H](O)/C=C/CCCCCCCCCCCCC. The van der Waals surface area contributed by atoms with Crippen LogP contribution in [0.2, 0.25) is 0 Å². The summed E-state index contributed by atoms with van der Waals surface area (Å²) in [5.41, 5.74) is 0. The first-order valence-corrected chi connectivity index (χ1v) is 18.0. The highest BCUT2D eigenvalue weighted by atomic mass is 16.6. The van der Waals surface area contributed by atoms with Gasteiger partial charge in [0.25, 0.3) is 0 Å². The van der Waals surface area contributed by atoms with Crippen molar-refractivity contribution in [3.63, 3.8) is 0 Å². The van der Waals surface area contributed by atoms with Gasteiger partial charge in [-0.15, -0.1) is 0 Å².